The van der Waals surface area contributed by atoms with Gasteiger partial charge in [-0.15, -0.1) is 4.09 Å². The number of benzene rings is 1. The molecule has 3 heterocycles. The molecule has 38 heavy (non-hydrogen) atoms. The van der Waals surface area contributed by atoms with Gasteiger partial charge in [-0.25, -0.2) is 0 Å². The molecule has 0 bridgehead atoms. The monoisotopic (exact) mass is 538 g/mol. The molecule has 6 rings (SSSR count). The zero-order chi connectivity index (χ0) is 26.7. The Morgan fingerprint density at radius 2 is 1.87 bits per heavy atom. The van der Waals surface area contributed by atoms with Crippen LogP contribution >= 0.6 is 0 Å². The fraction of sp³-hybridized carbons (Fsp3) is 0.500. The van der Waals surface area contributed by atoms with Crippen molar-refractivity contribution in [2.24, 2.45) is 11.8 Å². The molecule has 1 aliphatic heterocycles. The number of nitrogens with zero attached hydrogens (tertiary/aromatic N) is 4. The Balaban J connectivity index is 1.63. The van der Waals surface area contributed by atoms with Gasteiger partial charge in [0, 0.05) is 55.4 Å². The van der Waals surface area contributed by atoms with E-state index in [1.807, 2.05) is 18.2 Å². The molecule has 202 valence electrons. The van der Waals surface area contributed by atoms with Crippen molar-refractivity contribution < 1.29 is 23.0 Å². The van der Waals surface area contributed by atoms with Crippen LogP contribution in [0.3, 0.4) is 0 Å². The molecular formula is C28H34N4O5S. The lowest BCUT2D eigenvalue weighted by molar-refractivity contribution is -0.232. The summed E-state index contributed by atoms with van der Waals surface area (Å²) in [5.41, 5.74) is 4.11. The first kappa shape index (κ1) is 25.6. The van der Waals surface area contributed by atoms with Gasteiger partial charge in [-0.3, -0.25) is 4.98 Å². The highest BCUT2D eigenvalue weighted by Gasteiger charge is 2.61. The summed E-state index contributed by atoms with van der Waals surface area (Å²) in [6, 6.07) is 12.1. The lowest BCUT2D eigenvalue weighted by Gasteiger charge is -2.55. The van der Waals surface area contributed by atoms with Gasteiger partial charge in [-0.2, -0.15) is 17.8 Å². The molecule has 0 radical (unpaired) electrons. The molecule has 0 amide bonds. The van der Waals surface area contributed by atoms with Gasteiger partial charge in [0.15, 0.2) is 5.79 Å². The topological polar surface area (TPSA) is 107 Å². The summed E-state index contributed by atoms with van der Waals surface area (Å²) in [4.78, 5) is 4.30. The maximum Gasteiger partial charge on any atom is 0.323 e. The summed E-state index contributed by atoms with van der Waals surface area (Å²) in [5, 5.41) is 14.7. The average Bonchev–Trinajstić information content (AvgIpc) is 3.58. The Morgan fingerprint density at radius 3 is 2.55 bits per heavy atom. The SMILES string of the molecule is C[C@H]1[C@@H]2CCc3c(nn(S(=O)(=O)N(C)C)c3-c3cncc(CO)c3)[C@@]2(c2ccccc2)CCC12OCCO2. The fourth-order valence-electron chi connectivity index (χ4n) is 7.05. The molecule has 1 spiro atoms. The zero-order valence-electron chi connectivity index (χ0n) is 22.0. The van der Waals surface area contributed by atoms with E-state index in [2.05, 4.69) is 24.0 Å². The van der Waals surface area contributed by atoms with Crippen molar-refractivity contribution in [3.8, 4) is 11.3 Å². The van der Waals surface area contributed by atoms with Crippen LogP contribution in [0, 0.1) is 11.8 Å². The number of hydrogen-bond donors (Lipinski definition) is 1. The second kappa shape index (κ2) is 9.24. The molecule has 9 nitrogen and oxygen atoms in total. The second-order valence-electron chi connectivity index (χ2n) is 10.8. The maximum absolute atomic E-state index is 13.7. The normalized spacial score (nSPS) is 26.4. The highest BCUT2D eigenvalue weighted by atomic mass is 32.2. The minimum atomic E-state index is -3.95. The molecule has 0 unspecified atom stereocenters. The molecule has 10 heteroatoms. The minimum Gasteiger partial charge on any atom is -0.392 e. The van der Waals surface area contributed by atoms with E-state index in [9.17, 15) is 13.5 Å². The molecular weight excluding hydrogens is 504 g/mol. The third-order valence-electron chi connectivity index (χ3n) is 8.88. The van der Waals surface area contributed by atoms with Crippen molar-refractivity contribution >= 4 is 10.2 Å². The molecule has 3 aliphatic rings. The third-order valence-corrected chi connectivity index (χ3v) is 10.5. The van der Waals surface area contributed by atoms with E-state index in [0.29, 0.717) is 42.9 Å². The summed E-state index contributed by atoms with van der Waals surface area (Å²) in [5.74, 6) is -0.379. The van der Waals surface area contributed by atoms with Gasteiger partial charge in [-0.05, 0) is 42.4 Å². The van der Waals surface area contributed by atoms with Crippen molar-refractivity contribution in [1.29, 1.82) is 0 Å². The molecule has 1 aromatic carbocycles. The quantitative estimate of drug-likeness (QED) is 0.532. The Labute approximate surface area is 223 Å². The van der Waals surface area contributed by atoms with Crippen molar-refractivity contribution in [2.75, 3.05) is 27.3 Å². The lowest BCUT2D eigenvalue weighted by Crippen LogP contribution is -2.56. The van der Waals surface area contributed by atoms with Gasteiger partial charge in [0.1, 0.15) is 0 Å². The lowest BCUT2D eigenvalue weighted by atomic mass is 9.52. The average molecular weight is 539 g/mol. The van der Waals surface area contributed by atoms with Gasteiger partial charge in [0.25, 0.3) is 0 Å². The van der Waals surface area contributed by atoms with Gasteiger partial charge in [0.2, 0.25) is 0 Å². The molecule has 2 aromatic heterocycles. The van der Waals surface area contributed by atoms with Gasteiger partial charge in [0.05, 0.1) is 31.2 Å². The van der Waals surface area contributed by atoms with Crippen molar-refractivity contribution in [3.05, 3.63) is 71.2 Å². The van der Waals surface area contributed by atoms with Crippen molar-refractivity contribution in [2.45, 2.75) is 50.4 Å². The van der Waals surface area contributed by atoms with E-state index >= 15 is 0 Å². The summed E-state index contributed by atoms with van der Waals surface area (Å²) >= 11 is 0. The van der Waals surface area contributed by atoms with E-state index in [1.54, 1.807) is 18.5 Å². The number of aliphatic hydroxyl groups excluding tert-OH is 1. The number of rotatable bonds is 5. The first-order valence-electron chi connectivity index (χ1n) is 13.2. The van der Waals surface area contributed by atoms with E-state index < -0.39 is 21.4 Å². The number of fused-ring (bicyclic) bond motifs is 3. The molecule has 3 aromatic rings. The van der Waals surface area contributed by atoms with E-state index in [0.717, 1.165) is 29.7 Å². The summed E-state index contributed by atoms with van der Waals surface area (Å²) < 4.78 is 42.2. The molecule has 1 saturated heterocycles. The third kappa shape index (κ3) is 3.61. The number of hydrogen-bond acceptors (Lipinski definition) is 7. The van der Waals surface area contributed by atoms with E-state index in [1.165, 1.54) is 22.5 Å². The highest BCUT2D eigenvalue weighted by molar-refractivity contribution is 7.87. The number of aromatic nitrogens is 3. The van der Waals surface area contributed by atoms with Crippen LogP contribution in [0.25, 0.3) is 11.3 Å². The van der Waals surface area contributed by atoms with Crippen LogP contribution in [0.2, 0.25) is 0 Å². The molecule has 3 atom stereocenters. The number of pyridine rings is 1. The number of ether oxygens (including phenoxy) is 2. The van der Waals surface area contributed by atoms with Crippen LogP contribution in [0.1, 0.15) is 48.6 Å². The van der Waals surface area contributed by atoms with Crippen LogP contribution in [0.4, 0.5) is 0 Å². The standard InChI is InChI=1S/C28H34N4O5S/c1-19-24-10-9-23-25(21-15-20(18-33)16-29-17-21)32(38(34,35)31(2)3)30-26(23)27(24,22-7-5-4-6-8-22)11-12-28(19)36-13-14-37-28/h4-8,15-17,19,24,33H,9-14,18H2,1-3H3/t19-,24-,27+/m0/s1. The van der Waals surface area contributed by atoms with Crippen LogP contribution < -0.4 is 0 Å². The van der Waals surface area contributed by atoms with Crippen LogP contribution in [-0.4, -0.2) is 65.1 Å². The molecule has 2 aliphatic carbocycles. The van der Waals surface area contributed by atoms with Crippen molar-refractivity contribution in [3.63, 3.8) is 0 Å². The number of aliphatic hydroxyl groups is 1. The Morgan fingerprint density at radius 1 is 1.13 bits per heavy atom. The minimum absolute atomic E-state index is 0.0885. The summed E-state index contributed by atoms with van der Waals surface area (Å²) in [6.45, 7) is 3.21. The first-order valence-corrected chi connectivity index (χ1v) is 14.6. The van der Waals surface area contributed by atoms with E-state index in [4.69, 9.17) is 14.6 Å². The molecule has 1 saturated carbocycles. The predicted molar refractivity (Wildman–Crippen MR) is 141 cm³/mol. The second-order valence-corrected chi connectivity index (χ2v) is 12.8. The first-order chi connectivity index (χ1) is 18.2. The summed E-state index contributed by atoms with van der Waals surface area (Å²) in [6.07, 6.45) is 6.16. The Kier molecular flexibility index (Phi) is 6.23. The Hall–Kier alpha value is -2.63. The zero-order valence-corrected chi connectivity index (χ0v) is 22.8. The van der Waals surface area contributed by atoms with Gasteiger partial charge < -0.3 is 14.6 Å². The highest BCUT2D eigenvalue weighted by Crippen LogP contribution is 2.60. The molecule has 2 fully saturated rings. The van der Waals surface area contributed by atoms with Crippen LogP contribution in [0.5, 0.6) is 0 Å². The van der Waals surface area contributed by atoms with Crippen LogP contribution in [0.15, 0.2) is 48.8 Å². The maximum atomic E-state index is 13.7. The fourth-order valence-corrected chi connectivity index (χ4v) is 7.99. The van der Waals surface area contributed by atoms with Crippen LogP contribution in [-0.2, 0) is 38.1 Å². The van der Waals surface area contributed by atoms with Crippen molar-refractivity contribution in [1.82, 2.24) is 18.5 Å². The predicted octanol–water partition coefficient (Wildman–Crippen LogP) is 3.11. The smallest absolute Gasteiger partial charge is 0.323 e. The summed E-state index contributed by atoms with van der Waals surface area (Å²) in [7, 11) is -0.926. The largest absolute Gasteiger partial charge is 0.392 e. The Bertz CT molecular complexity index is 1450. The van der Waals surface area contributed by atoms with Gasteiger partial charge in [-0.1, -0.05) is 37.3 Å². The molecule has 1 N–H and O–H groups in total. The van der Waals surface area contributed by atoms with Gasteiger partial charge >= 0.3 is 10.2 Å². The van der Waals surface area contributed by atoms with E-state index in [-0.39, 0.29) is 18.4 Å².